The van der Waals surface area contributed by atoms with E-state index in [1.54, 1.807) is 4.52 Å². The van der Waals surface area contributed by atoms with Crippen LogP contribution in [-0.2, 0) is 0 Å². The van der Waals surface area contributed by atoms with Crippen LogP contribution in [0.25, 0.3) is 5.52 Å². The molecule has 0 N–H and O–H groups in total. The highest BCUT2D eigenvalue weighted by Crippen LogP contribution is 2.28. The Kier molecular flexibility index (Phi) is 2.04. The van der Waals surface area contributed by atoms with E-state index < -0.39 is 0 Å². The van der Waals surface area contributed by atoms with Gasteiger partial charge in [-0.1, -0.05) is 11.6 Å². The first-order valence-corrected chi connectivity index (χ1v) is 4.94. The molecule has 0 aliphatic rings. The Labute approximate surface area is 88.9 Å². The molecular weight excluding hydrogens is 253 g/mol. The van der Waals surface area contributed by atoms with Crippen molar-refractivity contribution < 1.29 is 0 Å². The maximum Gasteiger partial charge on any atom is 0.156 e. The predicted octanol–water partition coefficient (Wildman–Crippen LogP) is 2.76. The van der Waals surface area contributed by atoms with Crippen LogP contribution in [0.2, 0.25) is 5.15 Å². The van der Waals surface area contributed by atoms with Gasteiger partial charge < -0.3 is 0 Å². The fraction of sp³-hybridized carbons (Fsp3) is 0.250. The number of halogens is 2. The SMILES string of the molecule is Cc1c(C)c2c(Cl)ncnn2c1Br. The van der Waals surface area contributed by atoms with Crippen molar-refractivity contribution in [2.75, 3.05) is 0 Å². The quantitative estimate of drug-likeness (QED) is 0.729. The molecule has 0 aromatic carbocycles. The van der Waals surface area contributed by atoms with Crippen molar-refractivity contribution in [2.24, 2.45) is 0 Å². The summed E-state index contributed by atoms with van der Waals surface area (Å²) in [5.74, 6) is 0. The van der Waals surface area contributed by atoms with E-state index >= 15 is 0 Å². The third-order valence-electron chi connectivity index (χ3n) is 2.16. The third kappa shape index (κ3) is 1.16. The molecule has 13 heavy (non-hydrogen) atoms. The largest absolute Gasteiger partial charge is 0.222 e. The summed E-state index contributed by atoms with van der Waals surface area (Å²) in [5, 5.41) is 4.58. The number of aromatic nitrogens is 3. The number of hydrogen-bond acceptors (Lipinski definition) is 2. The minimum absolute atomic E-state index is 0.487. The van der Waals surface area contributed by atoms with Gasteiger partial charge in [0.1, 0.15) is 16.4 Å². The predicted molar refractivity (Wildman–Crippen MR) is 55.2 cm³/mol. The lowest BCUT2D eigenvalue weighted by atomic mass is 10.2. The van der Waals surface area contributed by atoms with Gasteiger partial charge in [0, 0.05) is 0 Å². The molecule has 0 spiro atoms. The molecule has 5 heteroatoms. The maximum atomic E-state index is 5.95. The Morgan fingerprint density at radius 1 is 1.38 bits per heavy atom. The summed E-state index contributed by atoms with van der Waals surface area (Å²) in [6, 6.07) is 0. The lowest BCUT2D eigenvalue weighted by molar-refractivity contribution is 0.881. The van der Waals surface area contributed by atoms with E-state index in [1.807, 2.05) is 13.8 Å². The zero-order chi connectivity index (χ0) is 9.59. The summed E-state index contributed by atoms with van der Waals surface area (Å²) in [6.07, 6.45) is 1.44. The molecule has 68 valence electrons. The van der Waals surface area contributed by atoms with E-state index in [1.165, 1.54) is 6.33 Å². The first-order chi connectivity index (χ1) is 6.13. The fourth-order valence-electron chi connectivity index (χ4n) is 1.29. The second-order valence-corrected chi connectivity index (χ2v) is 3.96. The van der Waals surface area contributed by atoms with Crippen molar-refractivity contribution in [3.8, 4) is 0 Å². The van der Waals surface area contributed by atoms with Gasteiger partial charge in [-0.2, -0.15) is 5.10 Å². The first kappa shape index (κ1) is 8.97. The molecule has 0 aliphatic heterocycles. The van der Waals surface area contributed by atoms with Gasteiger partial charge in [0.2, 0.25) is 0 Å². The van der Waals surface area contributed by atoms with E-state index in [9.17, 15) is 0 Å². The molecule has 0 amide bonds. The van der Waals surface area contributed by atoms with Crippen LogP contribution >= 0.6 is 27.5 Å². The second-order valence-electron chi connectivity index (χ2n) is 2.85. The molecular formula is C8H7BrClN3. The molecule has 0 saturated heterocycles. The Balaban J connectivity index is 3.03. The topological polar surface area (TPSA) is 30.2 Å². The Hall–Kier alpha value is -0.610. The average molecular weight is 261 g/mol. The molecule has 0 bridgehead atoms. The van der Waals surface area contributed by atoms with Crippen molar-refractivity contribution in [1.82, 2.24) is 14.6 Å². The lowest BCUT2D eigenvalue weighted by Gasteiger charge is -1.95. The minimum atomic E-state index is 0.487. The summed E-state index contributed by atoms with van der Waals surface area (Å²) in [4.78, 5) is 3.94. The summed E-state index contributed by atoms with van der Waals surface area (Å²) >= 11 is 9.40. The minimum Gasteiger partial charge on any atom is -0.222 e. The average Bonchev–Trinajstić information content (AvgIpc) is 2.33. The highest BCUT2D eigenvalue weighted by molar-refractivity contribution is 9.10. The van der Waals surface area contributed by atoms with E-state index in [2.05, 4.69) is 26.0 Å². The van der Waals surface area contributed by atoms with Gasteiger partial charge in [-0.3, -0.25) is 0 Å². The van der Waals surface area contributed by atoms with Gasteiger partial charge in [-0.25, -0.2) is 9.50 Å². The highest BCUT2D eigenvalue weighted by Gasteiger charge is 2.13. The molecule has 0 atom stereocenters. The van der Waals surface area contributed by atoms with Gasteiger partial charge >= 0.3 is 0 Å². The van der Waals surface area contributed by atoms with Crippen LogP contribution in [0.15, 0.2) is 10.9 Å². The summed E-state index contributed by atoms with van der Waals surface area (Å²) in [7, 11) is 0. The molecule has 2 heterocycles. The number of hydrogen-bond donors (Lipinski definition) is 0. The van der Waals surface area contributed by atoms with Crippen molar-refractivity contribution >= 4 is 33.0 Å². The Morgan fingerprint density at radius 3 is 2.69 bits per heavy atom. The van der Waals surface area contributed by atoms with Crippen LogP contribution in [0.3, 0.4) is 0 Å². The maximum absolute atomic E-state index is 5.95. The van der Waals surface area contributed by atoms with Crippen LogP contribution in [0.1, 0.15) is 11.1 Å². The smallest absolute Gasteiger partial charge is 0.156 e. The zero-order valence-corrected chi connectivity index (χ0v) is 9.52. The van der Waals surface area contributed by atoms with Crippen LogP contribution in [0.5, 0.6) is 0 Å². The fourth-order valence-corrected chi connectivity index (χ4v) is 2.12. The Bertz CT molecular complexity index is 478. The van der Waals surface area contributed by atoms with E-state index in [0.29, 0.717) is 5.15 Å². The first-order valence-electron chi connectivity index (χ1n) is 3.77. The van der Waals surface area contributed by atoms with E-state index in [0.717, 1.165) is 21.2 Å². The summed E-state index contributed by atoms with van der Waals surface area (Å²) < 4.78 is 2.68. The zero-order valence-electron chi connectivity index (χ0n) is 7.17. The number of fused-ring (bicyclic) bond motifs is 1. The lowest BCUT2D eigenvalue weighted by Crippen LogP contribution is -1.93. The second kappa shape index (κ2) is 2.96. The molecule has 0 fully saturated rings. The molecule has 0 aliphatic carbocycles. The molecule has 0 unspecified atom stereocenters. The Morgan fingerprint density at radius 2 is 2.08 bits per heavy atom. The van der Waals surface area contributed by atoms with Gasteiger partial charge in [-0.15, -0.1) is 0 Å². The monoisotopic (exact) mass is 259 g/mol. The van der Waals surface area contributed by atoms with Gasteiger partial charge in [0.25, 0.3) is 0 Å². The standard InChI is InChI=1S/C8H7BrClN3/c1-4-5(2)7(9)13-6(4)8(10)11-3-12-13/h3H,1-2H3. The van der Waals surface area contributed by atoms with Crippen molar-refractivity contribution in [3.05, 3.63) is 27.2 Å². The molecule has 2 aromatic heterocycles. The van der Waals surface area contributed by atoms with Gasteiger partial charge in [0.05, 0.1) is 0 Å². The van der Waals surface area contributed by atoms with Crippen LogP contribution in [-0.4, -0.2) is 14.6 Å². The van der Waals surface area contributed by atoms with Crippen molar-refractivity contribution in [3.63, 3.8) is 0 Å². The molecule has 2 aromatic rings. The van der Waals surface area contributed by atoms with Crippen molar-refractivity contribution in [2.45, 2.75) is 13.8 Å². The van der Waals surface area contributed by atoms with Crippen molar-refractivity contribution in [1.29, 1.82) is 0 Å². The molecule has 0 radical (unpaired) electrons. The van der Waals surface area contributed by atoms with E-state index in [4.69, 9.17) is 11.6 Å². The third-order valence-corrected chi connectivity index (χ3v) is 3.37. The number of rotatable bonds is 0. The summed E-state index contributed by atoms with van der Waals surface area (Å²) in [5.41, 5.74) is 3.12. The van der Waals surface area contributed by atoms with Gasteiger partial charge in [0.15, 0.2) is 5.15 Å². The molecule has 0 saturated carbocycles. The van der Waals surface area contributed by atoms with Crippen LogP contribution < -0.4 is 0 Å². The van der Waals surface area contributed by atoms with E-state index in [-0.39, 0.29) is 0 Å². The number of nitrogens with zero attached hydrogens (tertiary/aromatic N) is 3. The molecule has 3 nitrogen and oxygen atoms in total. The molecule has 2 rings (SSSR count). The summed E-state index contributed by atoms with van der Waals surface area (Å²) in [6.45, 7) is 4.02. The van der Waals surface area contributed by atoms with Gasteiger partial charge in [-0.05, 0) is 40.9 Å². The number of aryl methyl sites for hydroxylation is 1. The van der Waals surface area contributed by atoms with Crippen LogP contribution in [0, 0.1) is 13.8 Å². The normalized spacial score (nSPS) is 11.1. The highest BCUT2D eigenvalue weighted by atomic mass is 79.9. The van der Waals surface area contributed by atoms with Crippen LogP contribution in [0.4, 0.5) is 0 Å².